The summed E-state index contributed by atoms with van der Waals surface area (Å²) in [4.78, 5) is 33.5. The van der Waals surface area contributed by atoms with Gasteiger partial charge in [-0.05, 0) is 71.3 Å². The smallest absolute Gasteiger partial charge is 0.422 e. The average Bonchev–Trinajstić information content (AvgIpc) is 3.04. The fraction of sp³-hybridized carbons (Fsp3) is 0.212. The van der Waals surface area contributed by atoms with Gasteiger partial charge in [0.05, 0.1) is 31.3 Å². The van der Waals surface area contributed by atoms with E-state index in [9.17, 15) is 36.6 Å². The molecule has 1 aliphatic heterocycles. The van der Waals surface area contributed by atoms with Crippen molar-refractivity contribution in [3.63, 3.8) is 0 Å². The Morgan fingerprint density at radius 1 is 1.00 bits per heavy atom. The molecule has 0 bridgehead atoms. The van der Waals surface area contributed by atoms with Gasteiger partial charge < -0.3 is 30.4 Å². The van der Waals surface area contributed by atoms with Crippen molar-refractivity contribution in [2.24, 2.45) is 4.99 Å². The van der Waals surface area contributed by atoms with E-state index in [2.05, 4.69) is 20.6 Å². The normalized spacial score (nSPS) is 14.2. The van der Waals surface area contributed by atoms with Crippen LogP contribution in [0.25, 0.3) is 11.1 Å². The number of benzene rings is 3. The molecule has 1 atom stereocenters. The summed E-state index contributed by atoms with van der Waals surface area (Å²) >= 11 is 0. The van der Waals surface area contributed by atoms with E-state index in [1.807, 2.05) is 0 Å². The van der Waals surface area contributed by atoms with Gasteiger partial charge in [-0.25, -0.2) is 8.78 Å². The minimum absolute atomic E-state index is 0.00628. The van der Waals surface area contributed by atoms with Gasteiger partial charge in [0.2, 0.25) is 11.9 Å². The third kappa shape index (κ3) is 8.61. The molecule has 0 saturated carbocycles. The number of aliphatic hydroxyl groups excluding tert-OH is 1. The number of carbonyl (C=O) groups excluding carboxylic acids is 2. The van der Waals surface area contributed by atoms with Crippen LogP contribution in [0.1, 0.15) is 21.8 Å². The SMILES string of the molecule is N=C(/N=c1/ccc(-c2ccc(NC(=O)[C@H](CO)c3ccc(F)cc3)cc2)c[nH]1)Nc1ccc(C(=O)N2CC(F)C2)cc1OCC(F)(F)F. The largest absolute Gasteiger partial charge is 0.482 e. The molecule has 3 aromatic carbocycles. The number of ether oxygens (including phenoxy) is 1. The van der Waals surface area contributed by atoms with Crippen molar-refractivity contribution in [1.29, 1.82) is 5.41 Å². The number of aromatic amines is 1. The zero-order valence-corrected chi connectivity index (χ0v) is 25.0. The Kier molecular flexibility index (Phi) is 10.2. The Hall–Kier alpha value is -5.57. The molecule has 15 heteroatoms. The first kappa shape index (κ1) is 33.8. The van der Waals surface area contributed by atoms with Crippen molar-refractivity contribution in [3.05, 3.63) is 107 Å². The van der Waals surface area contributed by atoms with Gasteiger partial charge in [-0.3, -0.25) is 15.0 Å². The zero-order valence-electron chi connectivity index (χ0n) is 25.0. The van der Waals surface area contributed by atoms with Crippen LogP contribution in [-0.4, -0.2) is 71.4 Å². The molecule has 2 amide bonds. The molecule has 1 fully saturated rings. The molecule has 48 heavy (non-hydrogen) atoms. The zero-order chi connectivity index (χ0) is 34.4. The van der Waals surface area contributed by atoms with E-state index in [1.165, 1.54) is 41.3 Å². The maximum Gasteiger partial charge on any atom is 0.422 e. The summed E-state index contributed by atoms with van der Waals surface area (Å²) in [5, 5.41) is 23.2. The second-order valence-electron chi connectivity index (χ2n) is 10.8. The predicted octanol–water partition coefficient (Wildman–Crippen LogP) is 5.22. The maximum absolute atomic E-state index is 13.2. The average molecular weight is 669 g/mol. The monoisotopic (exact) mass is 668 g/mol. The Balaban J connectivity index is 1.24. The second-order valence-corrected chi connectivity index (χ2v) is 10.8. The fourth-order valence-corrected chi connectivity index (χ4v) is 4.76. The number of nitrogens with zero attached hydrogens (tertiary/aromatic N) is 2. The fourth-order valence-electron chi connectivity index (χ4n) is 4.76. The molecule has 0 radical (unpaired) electrons. The van der Waals surface area contributed by atoms with Crippen molar-refractivity contribution in [1.82, 2.24) is 9.88 Å². The van der Waals surface area contributed by atoms with E-state index >= 15 is 0 Å². The standard InChI is InChI=1S/C33H29F5N6O4/c34-23-7-1-20(2-8-23)26(17-45)30(46)41-25-9-3-19(4-10-25)22-6-12-29(40-14-22)43-32(39)42-27-11-5-21(31(47)44-15-24(35)16-44)13-28(27)48-18-33(36,37)38/h1-14,24,26,45H,15-18H2,(H,41,46)(H3,39,40,42,43)/t26-/m1/s1. The maximum atomic E-state index is 13.2. The van der Waals surface area contributed by atoms with Crippen LogP contribution in [0.2, 0.25) is 0 Å². The number of anilines is 2. The summed E-state index contributed by atoms with van der Waals surface area (Å²) in [6.07, 6.45) is -4.19. The summed E-state index contributed by atoms with van der Waals surface area (Å²) in [5.74, 6) is -3.13. The van der Waals surface area contributed by atoms with E-state index in [-0.39, 0.29) is 35.6 Å². The van der Waals surface area contributed by atoms with E-state index in [4.69, 9.17) is 10.1 Å². The van der Waals surface area contributed by atoms with Gasteiger partial charge in [0.25, 0.3) is 5.91 Å². The van der Waals surface area contributed by atoms with E-state index in [1.54, 1.807) is 42.6 Å². The Labute approximate surface area is 270 Å². The number of guanidine groups is 1. The third-order valence-electron chi connectivity index (χ3n) is 7.28. The highest BCUT2D eigenvalue weighted by Crippen LogP contribution is 2.30. The number of alkyl halides is 4. The molecule has 1 aliphatic rings. The molecule has 0 spiro atoms. The topological polar surface area (TPSA) is 143 Å². The van der Waals surface area contributed by atoms with Crippen molar-refractivity contribution in [3.8, 4) is 16.9 Å². The number of nitrogens with one attached hydrogen (secondary N) is 4. The van der Waals surface area contributed by atoms with Crippen molar-refractivity contribution in [2.75, 3.05) is 36.9 Å². The summed E-state index contributed by atoms with van der Waals surface area (Å²) < 4.78 is 70.0. The van der Waals surface area contributed by atoms with Crippen LogP contribution in [-0.2, 0) is 4.79 Å². The van der Waals surface area contributed by atoms with Crippen LogP contribution in [0.3, 0.4) is 0 Å². The van der Waals surface area contributed by atoms with Gasteiger partial charge in [-0.1, -0.05) is 24.3 Å². The van der Waals surface area contributed by atoms with Crippen LogP contribution in [0.15, 0.2) is 90.1 Å². The molecule has 1 aromatic heterocycles. The highest BCUT2D eigenvalue weighted by Gasteiger charge is 2.32. The van der Waals surface area contributed by atoms with Crippen LogP contribution in [0.5, 0.6) is 5.75 Å². The molecule has 1 saturated heterocycles. The molecule has 5 N–H and O–H groups in total. The molecule has 4 aromatic rings. The lowest BCUT2D eigenvalue weighted by atomic mass is 9.99. The molecule has 0 unspecified atom stereocenters. The summed E-state index contributed by atoms with van der Waals surface area (Å²) in [5.41, 5.74) is 2.65. The van der Waals surface area contributed by atoms with Gasteiger partial charge in [-0.15, -0.1) is 0 Å². The van der Waals surface area contributed by atoms with Gasteiger partial charge in [0.1, 0.15) is 23.2 Å². The summed E-state index contributed by atoms with van der Waals surface area (Å²) in [6.45, 7) is -2.31. The molecule has 5 rings (SSSR count). The van der Waals surface area contributed by atoms with Crippen LogP contribution in [0.4, 0.5) is 33.3 Å². The lowest BCUT2D eigenvalue weighted by Crippen LogP contribution is -2.51. The lowest BCUT2D eigenvalue weighted by Gasteiger charge is -2.34. The molecular weight excluding hydrogens is 639 g/mol. The number of aromatic nitrogens is 1. The van der Waals surface area contributed by atoms with Crippen LogP contribution >= 0.6 is 0 Å². The second kappa shape index (κ2) is 14.5. The minimum Gasteiger partial charge on any atom is -0.482 e. The highest BCUT2D eigenvalue weighted by molar-refractivity contribution is 5.98. The number of rotatable bonds is 9. The molecular formula is C33H29F5N6O4. The van der Waals surface area contributed by atoms with E-state index in [0.29, 0.717) is 11.3 Å². The molecule has 250 valence electrons. The molecule has 10 nitrogen and oxygen atoms in total. The summed E-state index contributed by atoms with van der Waals surface area (Å²) in [7, 11) is 0. The number of hydrogen-bond donors (Lipinski definition) is 5. The van der Waals surface area contributed by atoms with Crippen molar-refractivity contribution in [2.45, 2.75) is 18.3 Å². The third-order valence-corrected chi connectivity index (χ3v) is 7.28. The van der Waals surface area contributed by atoms with Gasteiger partial charge in [0.15, 0.2) is 6.61 Å². The summed E-state index contributed by atoms with van der Waals surface area (Å²) in [6, 6.07) is 19.1. The number of likely N-dealkylation sites (tertiary alicyclic amines) is 1. The number of pyridine rings is 1. The number of H-pyrrole nitrogens is 1. The van der Waals surface area contributed by atoms with Gasteiger partial charge in [-0.2, -0.15) is 18.2 Å². The molecule has 0 aliphatic carbocycles. The van der Waals surface area contributed by atoms with Gasteiger partial charge in [0, 0.05) is 17.4 Å². The number of hydrogen-bond acceptors (Lipinski definition) is 5. The van der Waals surface area contributed by atoms with Crippen LogP contribution < -0.4 is 20.9 Å². The predicted molar refractivity (Wildman–Crippen MR) is 167 cm³/mol. The first-order valence-electron chi connectivity index (χ1n) is 14.5. The Morgan fingerprint density at radius 2 is 1.69 bits per heavy atom. The van der Waals surface area contributed by atoms with E-state index in [0.717, 1.165) is 17.2 Å². The Morgan fingerprint density at radius 3 is 2.29 bits per heavy atom. The molecule has 2 heterocycles. The van der Waals surface area contributed by atoms with Gasteiger partial charge >= 0.3 is 6.18 Å². The number of amides is 2. The number of carbonyl (C=O) groups is 2. The first-order valence-corrected chi connectivity index (χ1v) is 14.5. The van der Waals surface area contributed by atoms with Crippen LogP contribution in [0, 0.1) is 11.2 Å². The Bertz CT molecular complexity index is 1840. The van der Waals surface area contributed by atoms with Crippen molar-refractivity contribution < 1.29 is 41.4 Å². The van der Waals surface area contributed by atoms with E-state index < -0.39 is 55.1 Å². The number of aliphatic hydroxyl groups is 1. The highest BCUT2D eigenvalue weighted by atomic mass is 19.4. The first-order chi connectivity index (χ1) is 22.9. The number of halogens is 5. The minimum atomic E-state index is -4.66. The van der Waals surface area contributed by atoms with Crippen molar-refractivity contribution >= 4 is 29.1 Å². The lowest BCUT2D eigenvalue weighted by molar-refractivity contribution is -0.153. The quantitative estimate of drug-likeness (QED) is 0.0945.